The van der Waals surface area contributed by atoms with Gasteiger partial charge in [-0.25, -0.2) is 4.79 Å². The number of ether oxygens (including phenoxy) is 2. The molecular formula is C12H16O5. The number of para-hydroxylation sites is 1. The monoisotopic (exact) mass is 240 g/mol. The van der Waals surface area contributed by atoms with Gasteiger partial charge in [-0.2, -0.15) is 4.89 Å². The van der Waals surface area contributed by atoms with Crippen LogP contribution in [0.1, 0.15) is 17.3 Å². The summed E-state index contributed by atoms with van der Waals surface area (Å²) in [5, 5.41) is 0. The van der Waals surface area contributed by atoms with E-state index in [-0.39, 0.29) is 6.61 Å². The molecule has 0 radical (unpaired) electrons. The highest BCUT2D eigenvalue weighted by Crippen LogP contribution is 2.18. The summed E-state index contributed by atoms with van der Waals surface area (Å²) >= 11 is 0. The Kier molecular flexibility index (Phi) is 6.06. The van der Waals surface area contributed by atoms with Crippen LogP contribution >= 0.6 is 0 Å². The van der Waals surface area contributed by atoms with E-state index in [2.05, 4.69) is 4.89 Å². The molecular weight excluding hydrogens is 224 g/mol. The van der Waals surface area contributed by atoms with Crippen molar-refractivity contribution in [3.8, 4) is 5.75 Å². The fraction of sp³-hybridized carbons (Fsp3) is 0.417. The molecule has 0 saturated carbocycles. The van der Waals surface area contributed by atoms with Crippen molar-refractivity contribution in [3.05, 3.63) is 29.8 Å². The van der Waals surface area contributed by atoms with Crippen molar-refractivity contribution in [2.24, 2.45) is 0 Å². The first-order valence-electron chi connectivity index (χ1n) is 5.34. The lowest BCUT2D eigenvalue weighted by atomic mass is 10.2. The van der Waals surface area contributed by atoms with Crippen LogP contribution in [-0.2, 0) is 14.5 Å². The molecule has 0 amide bonds. The van der Waals surface area contributed by atoms with Gasteiger partial charge in [0.05, 0.1) is 13.7 Å². The maximum absolute atomic E-state index is 11.6. The Morgan fingerprint density at radius 3 is 2.71 bits per heavy atom. The molecule has 1 rings (SSSR count). The SMILES string of the molecule is CCOCCOOC(=O)c1ccccc1OC. The Morgan fingerprint density at radius 1 is 1.24 bits per heavy atom. The topological polar surface area (TPSA) is 54.0 Å². The van der Waals surface area contributed by atoms with Crippen LogP contribution in [-0.4, -0.2) is 32.9 Å². The van der Waals surface area contributed by atoms with Crippen LogP contribution in [0, 0.1) is 0 Å². The largest absolute Gasteiger partial charge is 0.496 e. The third kappa shape index (κ3) is 4.42. The summed E-state index contributed by atoms with van der Waals surface area (Å²) in [4.78, 5) is 20.9. The molecule has 0 unspecified atom stereocenters. The Balaban J connectivity index is 2.41. The standard InChI is InChI=1S/C12H16O5/c1-3-15-8-9-16-17-12(13)10-6-4-5-7-11(10)14-2/h4-7H,3,8-9H2,1-2H3. The maximum atomic E-state index is 11.6. The van der Waals surface area contributed by atoms with Gasteiger partial charge in [-0.05, 0) is 19.1 Å². The molecule has 0 aliphatic heterocycles. The van der Waals surface area contributed by atoms with E-state index < -0.39 is 5.97 Å². The molecule has 0 aliphatic carbocycles. The third-order valence-corrected chi connectivity index (χ3v) is 1.98. The van der Waals surface area contributed by atoms with Crippen LogP contribution in [0.4, 0.5) is 0 Å². The molecule has 0 saturated heterocycles. The van der Waals surface area contributed by atoms with Crippen LogP contribution in [0.5, 0.6) is 5.75 Å². The molecule has 1 aromatic carbocycles. The van der Waals surface area contributed by atoms with Gasteiger partial charge in [0.25, 0.3) is 0 Å². The molecule has 0 aliphatic rings. The summed E-state index contributed by atoms with van der Waals surface area (Å²) in [6.07, 6.45) is 0. The predicted octanol–water partition coefficient (Wildman–Crippen LogP) is 1.82. The molecule has 0 aromatic heterocycles. The molecule has 0 bridgehead atoms. The second kappa shape index (κ2) is 7.65. The number of benzene rings is 1. The molecule has 0 spiro atoms. The van der Waals surface area contributed by atoms with Gasteiger partial charge in [-0.3, -0.25) is 4.89 Å². The van der Waals surface area contributed by atoms with Gasteiger partial charge in [0.15, 0.2) is 0 Å². The smallest absolute Gasteiger partial charge is 0.376 e. The molecule has 0 heterocycles. The average molecular weight is 240 g/mol. The number of hydrogen-bond acceptors (Lipinski definition) is 5. The second-order valence-electron chi connectivity index (χ2n) is 3.09. The first-order chi connectivity index (χ1) is 8.29. The van der Waals surface area contributed by atoms with Crippen molar-refractivity contribution in [2.75, 3.05) is 26.9 Å². The number of hydrogen-bond donors (Lipinski definition) is 0. The van der Waals surface area contributed by atoms with E-state index in [0.29, 0.717) is 24.5 Å². The van der Waals surface area contributed by atoms with Gasteiger partial charge in [0.1, 0.15) is 17.9 Å². The van der Waals surface area contributed by atoms with E-state index in [1.807, 2.05) is 6.92 Å². The van der Waals surface area contributed by atoms with Gasteiger partial charge in [-0.15, -0.1) is 0 Å². The molecule has 0 atom stereocenters. The van der Waals surface area contributed by atoms with E-state index in [1.54, 1.807) is 24.3 Å². The van der Waals surface area contributed by atoms with E-state index in [0.717, 1.165) is 0 Å². The van der Waals surface area contributed by atoms with Crippen LogP contribution in [0.2, 0.25) is 0 Å². The first kappa shape index (κ1) is 13.5. The molecule has 0 N–H and O–H groups in total. The van der Waals surface area contributed by atoms with E-state index >= 15 is 0 Å². The number of carbonyl (C=O) groups excluding carboxylic acids is 1. The maximum Gasteiger partial charge on any atom is 0.376 e. The van der Waals surface area contributed by atoms with Gasteiger partial charge in [0, 0.05) is 6.61 Å². The number of rotatable bonds is 7. The zero-order valence-corrected chi connectivity index (χ0v) is 9.97. The minimum atomic E-state index is -0.584. The van der Waals surface area contributed by atoms with Gasteiger partial charge in [0.2, 0.25) is 0 Å². The highest BCUT2D eigenvalue weighted by molar-refractivity contribution is 5.92. The van der Waals surface area contributed by atoms with Crippen molar-refractivity contribution >= 4 is 5.97 Å². The average Bonchev–Trinajstić information content (AvgIpc) is 2.38. The van der Waals surface area contributed by atoms with Gasteiger partial charge in [-0.1, -0.05) is 12.1 Å². The van der Waals surface area contributed by atoms with Crippen LogP contribution in [0.15, 0.2) is 24.3 Å². The summed E-state index contributed by atoms with van der Waals surface area (Å²) in [7, 11) is 1.49. The molecule has 0 fully saturated rings. The highest BCUT2D eigenvalue weighted by Gasteiger charge is 2.13. The lowest BCUT2D eigenvalue weighted by Gasteiger charge is -2.07. The molecule has 5 heteroatoms. The van der Waals surface area contributed by atoms with E-state index in [4.69, 9.17) is 14.4 Å². The molecule has 17 heavy (non-hydrogen) atoms. The normalized spacial score (nSPS) is 10.0. The number of carbonyl (C=O) groups is 1. The summed E-state index contributed by atoms with van der Waals surface area (Å²) in [5.74, 6) is -0.134. The lowest BCUT2D eigenvalue weighted by Crippen LogP contribution is -2.11. The van der Waals surface area contributed by atoms with Crippen LogP contribution in [0.25, 0.3) is 0 Å². The van der Waals surface area contributed by atoms with Crippen molar-refractivity contribution < 1.29 is 24.0 Å². The fourth-order valence-corrected chi connectivity index (χ4v) is 1.19. The zero-order chi connectivity index (χ0) is 12.5. The van der Waals surface area contributed by atoms with Gasteiger partial charge < -0.3 is 9.47 Å². The quantitative estimate of drug-likeness (QED) is 0.413. The zero-order valence-electron chi connectivity index (χ0n) is 9.97. The Hall–Kier alpha value is -1.59. The highest BCUT2D eigenvalue weighted by atomic mass is 17.2. The van der Waals surface area contributed by atoms with Crippen LogP contribution in [0.3, 0.4) is 0 Å². The second-order valence-corrected chi connectivity index (χ2v) is 3.09. The van der Waals surface area contributed by atoms with Crippen molar-refractivity contribution in [2.45, 2.75) is 6.92 Å². The molecule has 5 nitrogen and oxygen atoms in total. The summed E-state index contributed by atoms with van der Waals surface area (Å²) in [5.41, 5.74) is 0.325. The Bertz CT molecular complexity index is 351. The molecule has 1 aromatic rings. The van der Waals surface area contributed by atoms with Crippen molar-refractivity contribution in [1.82, 2.24) is 0 Å². The summed E-state index contributed by atoms with van der Waals surface area (Å²) in [6.45, 7) is 3.06. The molecule has 94 valence electrons. The van der Waals surface area contributed by atoms with Crippen molar-refractivity contribution in [3.63, 3.8) is 0 Å². The van der Waals surface area contributed by atoms with E-state index in [1.165, 1.54) is 7.11 Å². The Labute approximate surface area is 100 Å². The van der Waals surface area contributed by atoms with E-state index in [9.17, 15) is 4.79 Å². The first-order valence-corrected chi connectivity index (χ1v) is 5.34. The summed E-state index contributed by atoms with van der Waals surface area (Å²) < 4.78 is 10.1. The fourth-order valence-electron chi connectivity index (χ4n) is 1.19. The minimum absolute atomic E-state index is 0.203. The van der Waals surface area contributed by atoms with Gasteiger partial charge >= 0.3 is 5.97 Å². The third-order valence-electron chi connectivity index (χ3n) is 1.98. The number of methoxy groups -OCH3 is 1. The lowest BCUT2D eigenvalue weighted by molar-refractivity contribution is -0.247. The Morgan fingerprint density at radius 2 is 2.00 bits per heavy atom. The minimum Gasteiger partial charge on any atom is -0.496 e. The van der Waals surface area contributed by atoms with Crippen molar-refractivity contribution in [1.29, 1.82) is 0 Å². The summed E-state index contributed by atoms with van der Waals surface area (Å²) in [6, 6.07) is 6.77. The predicted molar refractivity (Wildman–Crippen MR) is 60.9 cm³/mol. The van der Waals surface area contributed by atoms with Crippen LogP contribution < -0.4 is 4.74 Å².